The van der Waals surface area contributed by atoms with Crippen LogP contribution in [0.25, 0.3) is 0 Å². The van der Waals surface area contributed by atoms with Crippen molar-refractivity contribution in [1.29, 1.82) is 0 Å². The first-order chi connectivity index (χ1) is 14.0. The molecule has 1 aliphatic rings. The fraction of sp³-hybridized carbons (Fsp3) is 0.364. The van der Waals surface area contributed by atoms with Gasteiger partial charge >= 0.3 is 0 Å². The summed E-state index contributed by atoms with van der Waals surface area (Å²) in [5, 5.41) is 6.81. The third-order valence-corrected chi connectivity index (χ3v) is 6.24. The van der Waals surface area contributed by atoms with E-state index in [1.54, 1.807) is 0 Å². The Balaban J connectivity index is 1.59. The smallest absolute Gasteiger partial charge is 0.254 e. The molecule has 1 heterocycles. The van der Waals surface area contributed by atoms with Gasteiger partial charge in [-0.15, -0.1) is 0 Å². The normalized spacial score (nSPS) is 14.9. The van der Waals surface area contributed by atoms with Crippen molar-refractivity contribution in [2.24, 2.45) is 0 Å². The molecule has 7 heteroatoms. The van der Waals surface area contributed by atoms with Crippen molar-refractivity contribution >= 4 is 40.9 Å². The fourth-order valence-corrected chi connectivity index (χ4v) is 4.33. The number of rotatable bonds is 6. The minimum atomic E-state index is -0.118. The summed E-state index contributed by atoms with van der Waals surface area (Å²) in [6.07, 6.45) is 0. The highest BCUT2D eigenvalue weighted by molar-refractivity contribution is 7.99. The van der Waals surface area contributed by atoms with Crippen LogP contribution in [0, 0.1) is 6.92 Å². The van der Waals surface area contributed by atoms with Gasteiger partial charge in [-0.2, -0.15) is 11.8 Å². The molecule has 0 aromatic heterocycles. The Bertz CT molecular complexity index is 867. The predicted molar refractivity (Wildman–Crippen MR) is 121 cm³/mol. The molecule has 1 atom stereocenters. The minimum Gasteiger partial charge on any atom is -0.376 e. The Labute approximate surface area is 181 Å². The van der Waals surface area contributed by atoms with Gasteiger partial charge in [-0.1, -0.05) is 29.8 Å². The lowest BCUT2D eigenvalue weighted by Gasteiger charge is -2.27. The number of amides is 2. The lowest BCUT2D eigenvalue weighted by molar-refractivity contribution is -0.120. The minimum absolute atomic E-state index is 0.0623. The van der Waals surface area contributed by atoms with Gasteiger partial charge in [0.25, 0.3) is 5.91 Å². The monoisotopic (exact) mass is 431 g/mol. The van der Waals surface area contributed by atoms with Crippen molar-refractivity contribution in [2.45, 2.75) is 19.9 Å². The van der Waals surface area contributed by atoms with Crippen molar-refractivity contribution < 1.29 is 9.59 Å². The average molecular weight is 432 g/mol. The summed E-state index contributed by atoms with van der Waals surface area (Å²) in [5.41, 5.74) is 3.36. The summed E-state index contributed by atoms with van der Waals surface area (Å²) in [6.45, 7) is 5.55. The van der Waals surface area contributed by atoms with Gasteiger partial charge < -0.3 is 15.5 Å². The van der Waals surface area contributed by atoms with Crippen LogP contribution in [0.1, 0.15) is 34.5 Å². The molecule has 0 aliphatic carbocycles. The zero-order valence-electron chi connectivity index (χ0n) is 16.7. The maximum absolute atomic E-state index is 12.8. The summed E-state index contributed by atoms with van der Waals surface area (Å²) in [5.74, 6) is 1.91. The lowest BCUT2D eigenvalue weighted by atomic mass is 10.1. The van der Waals surface area contributed by atoms with Crippen LogP contribution in [-0.2, 0) is 4.79 Å². The van der Waals surface area contributed by atoms with Crippen LogP contribution < -0.4 is 10.6 Å². The van der Waals surface area contributed by atoms with E-state index in [-0.39, 0.29) is 24.4 Å². The Hall–Kier alpha value is -2.18. The molecule has 0 radical (unpaired) electrons. The number of carbonyl (C=O) groups is 2. The molecular formula is C22H26ClN3O2S. The molecule has 3 rings (SSSR count). The van der Waals surface area contributed by atoms with Crippen molar-refractivity contribution in [3.8, 4) is 0 Å². The van der Waals surface area contributed by atoms with E-state index in [1.165, 1.54) is 0 Å². The highest BCUT2D eigenvalue weighted by Crippen LogP contribution is 2.22. The summed E-state index contributed by atoms with van der Waals surface area (Å²) in [4.78, 5) is 27.1. The van der Waals surface area contributed by atoms with Crippen molar-refractivity contribution in [1.82, 2.24) is 10.2 Å². The third kappa shape index (κ3) is 5.67. The molecule has 1 fully saturated rings. The van der Waals surface area contributed by atoms with E-state index >= 15 is 0 Å². The number of benzene rings is 2. The molecule has 0 spiro atoms. The standard InChI is InChI=1S/C22H26ClN3O2S/c1-15-19(22(28)26-10-12-29-13-11-26)4-3-5-20(15)24-14-21(27)25-16(2)17-6-8-18(23)9-7-17/h3-9,16,24H,10-14H2,1-2H3,(H,25,27). The Kier molecular flexibility index (Phi) is 7.45. The van der Waals surface area contributed by atoms with Crippen LogP contribution in [0.4, 0.5) is 5.69 Å². The van der Waals surface area contributed by atoms with Gasteiger partial charge in [0.2, 0.25) is 5.91 Å². The molecule has 0 bridgehead atoms. The number of hydrogen-bond acceptors (Lipinski definition) is 4. The summed E-state index contributed by atoms with van der Waals surface area (Å²) in [6, 6.07) is 12.9. The van der Waals surface area contributed by atoms with Crippen molar-refractivity contribution in [2.75, 3.05) is 36.5 Å². The van der Waals surface area contributed by atoms with Crippen LogP contribution in [0.5, 0.6) is 0 Å². The van der Waals surface area contributed by atoms with Gasteiger partial charge in [0.15, 0.2) is 0 Å². The molecular weight excluding hydrogens is 406 g/mol. The first kappa shape index (κ1) is 21.5. The molecule has 1 unspecified atom stereocenters. The van der Waals surface area contributed by atoms with Crippen LogP contribution in [0.2, 0.25) is 5.02 Å². The van der Waals surface area contributed by atoms with Crippen LogP contribution >= 0.6 is 23.4 Å². The van der Waals surface area contributed by atoms with Gasteiger partial charge in [0, 0.05) is 40.9 Å². The average Bonchev–Trinajstić information content (AvgIpc) is 2.73. The Morgan fingerprint density at radius 2 is 1.83 bits per heavy atom. The van der Waals surface area contributed by atoms with E-state index in [2.05, 4.69) is 10.6 Å². The van der Waals surface area contributed by atoms with E-state index in [9.17, 15) is 9.59 Å². The Morgan fingerprint density at radius 1 is 1.14 bits per heavy atom. The van der Waals surface area contributed by atoms with Crippen molar-refractivity contribution in [3.63, 3.8) is 0 Å². The van der Waals surface area contributed by atoms with E-state index < -0.39 is 0 Å². The second kappa shape index (κ2) is 10.0. The van der Waals surface area contributed by atoms with Gasteiger partial charge in [-0.25, -0.2) is 0 Å². The van der Waals surface area contributed by atoms with E-state index in [1.807, 2.05) is 73.0 Å². The number of halogens is 1. The van der Waals surface area contributed by atoms with E-state index in [0.29, 0.717) is 10.6 Å². The maximum Gasteiger partial charge on any atom is 0.254 e. The quantitative estimate of drug-likeness (QED) is 0.722. The predicted octanol–water partition coefficient (Wildman–Crippen LogP) is 4.13. The Morgan fingerprint density at radius 3 is 2.52 bits per heavy atom. The van der Waals surface area contributed by atoms with Crippen LogP contribution in [0.3, 0.4) is 0 Å². The topological polar surface area (TPSA) is 61.4 Å². The molecule has 2 aromatic carbocycles. The van der Waals surface area contributed by atoms with E-state index in [0.717, 1.165) is 41.4 Å². The zero-order chi connectivity index (χ0) is 20.8. The SMILES string of the molecule is Cc1c(NCC(=O)NC(C)c2ccc(Cl)cc2)cccc1C(=O)N1CCSCC1. The first-order valence-electron chi connectivity index (χ1n) is 9.71. The largest absolute Gasteiger partial charge is 0.376 e. The molecule has 0 saturated carbocycles. The number of hydrogen-bond donors (Lipinski definition) is 2. The van der Waals surface area contributed by atoms with Crippen molar-refractivity contribution in [3.05, 3.63) is 64.2 Å². The van der Waals surface area contributed by atoms with Gasteiger partial charge in [-0.05, 0) is 49.2 Å². The summed E-state index contributed by atoms with van der Waals surface area (Å²) in [7, 11) is 0. The highest BCUT2D eigenvalue weighted by atomic mass is 35.5. The number of nitrogens with zero attached hydrogens (tertiary/aromatic N) is 1. The molecule has 29 heavy (non-hydrogen) atoms. The van der Waals surface area contributed by atoms with E-state index in [4.69, 9.17) is 11.6 Å². The fourth-order valence-electron chi connectivity index (χ4n) is 3.30. The number of thioether (sulfide) groups is 1. The summed E-state index contributed by atoms with van der Waals surface area (Å²) < 4.78 is 0. The molecule has 1 saturated heterocycles. The molecule has 2 aromatic rings. The zero-order valence-corrected chi connectivity index (χ0v) is 18.3. The third-order valence-electron chi connectivity index (χ3n) is 5.05. The molecule has 2 N–H and O–H groups in total. The molecule has 1 aliphatic heterocycles. The molecule has 5 nitrogen and oxygen atoms in total. The number of anilines is 1. The number of nitrogens with one attached hydrogen (secondary N) is 2. The maximum atomic E-state index is 12.8. The first-order valence-corrected chi connectivity index (χ1v) is 11.2. The van der Waals surface area contributed by atoms with Gasteiger partial charge in [-0.3, -0.25) is 9.59 Å². The van der Waals surface area contributed by atoms with Crippen LogP contribution in [0.15, 0.2) is 42.5 Å². The van der Waals surface area contributed by atoms with Gasteiger partial charge in [0.1, 0.15) is 0 Å². The van der Waals surface area contributed by atoms with Crippen LogP contribution in [-0.4, -0.2) is 47.9 Å². The number of carbonyl (C=O) groups excluding carboxylic acids is 2. The molecule has 2 amide bonds. The molecule has 154 valence electrons. The summed E-state index contributed by atoms with van der Waals surface area (Å²) >= 11 is 7.79. The highest BCUT2D eigenvalue weighted by Gasteiger charge is 2.21. The lowest BCUT2D eigenvalue weighted by Crippen LogP contribution is -2.38. The second-order valence-electron chi connectivity index (χ2n) is 7.08. The second-order valence-corrected chi connectivity index (χ2v) is 8.74. The van der Waals surface area contributed by atoms with Gasteiger partial charge in [0.05, 0.1) is 12.6 Å².